The standard InChI is InChI=1S/C16H27N3O/c1-4-5-6-10-19(3)11-9-16(20)18-15-8-7-14(17)12-13(15)2/h7-8,12H,4-6,9-11,17H2,1-3H3,(H,18,20). The molecule has 0 heterocycles. The van der Waals surface area contributed by atoms with E-state index in [1.54, 1.807) is 6.07 Å². The van der Waals surface area contributed by atoms with Crippen LogP contribution in [0.15, 0.2) is 18.2 Å². The molecule has 0 saturated carbocycles. The molecular weight excluding hydrogens is 250 g/mol. The molecule has 0 spiro atoms. The van der Waals surface area contributed by atoms with Crippen molar-refractivity contribution in [1.29, 1.82) is 0 Å². The minimum Gasteiger partial charge on any atom is -0.399 e. The van der Waals surface area contributed by atoms with Crippen molar-refractivity contribution in [3.63, 3.8) is 0 Å². The van der Waals surface area contributed by atoms with Crippen molar-refractivity contribution in [2.24, 2.45) is 0 Å². The number of nitrogen functional groups attached to an aromatic ring is 1. The van der Waals surface area contributed by atoms with Gasteiger partial charge in [0.2, 0.25) is 5.91 Å². The van der Waals surface area contributed by atoms with Crippen LogP contribution in [-0.4, -0.2) is 30.9 Å². The van der Waals surface area contributed by atoms with Crippen molar-refractivity contribution >= 4 is 17.3 Å². The summed E-state index contributed by atoms with van der Waals surface area (Å²) in [5.74, 6) is 0.0558. The third-order valence-electron chi connectivity index (χ3n) is 3.39. The highest BCUT2D eigenvalue weighted by molar-refractivity contribution is 5.91. The first-order valence-electron chi connectivity index (χ1n) is 7.37. The molecule has 0 aliphatic rings. The van der Waals surface area contributed by atoms with E-state index in [1.807, 2.05) is 19.1 Å². The number of benzene rings is 1. The highest BCUT2D eigenvalue weighted by atomic mass is 16.1. The number of hydrogen-bond acceptors (Lipinski definition) is 3. The number of nitrogens with two attached hydrogens (primary N) is 1. The van der Waals surface area contributed by atoms with E-state index in [4.69, 9.17) is 5.73 Å². The Morgan fingerprint density at radius 1 is 1.30 bits per heavy atom. The Kier molecular flexibility index (Phi) is 7.09. The number of rotatable bonds is 8. The number of hydrogen-bond donors (Lipinski definition) is 2. The summed E-state index contributed by atoms with van der Waals surface area (Å²) in [6.45, 7) is 6.00. The maximum atomic E-state index is 11.9. The minimum absolute atomic E-state index is 0.0558. The average Bonchev–Trinajstić information content (AvgIpc) is 2.40. The summed E-state index contributed by atoms with van der Waals surface area (Å²) < 4.78 is 0. The van der Waals surface area contributed by atoms with Gasteiger partial charge in [-0.3, -0.25) is 4.79 Å². The molecule has 0 unspecified atom stereocenters. The molecule has 0 saturated heterocycles. The number of unbranched alkanes of at least 4 members (excludes halogenated alkanes) is 2. The molecule has 0 fully saturated rings. The van der Waals surface area contributed by atoms with E-state index < -0.39 is 0 Å². The number of nitrogens with zero attached hydrogens (tertiary/aromatic N) is 1. The van der Waals surface area contributed by atoms with Crippen LogP contribution in [0.25, 0.3) is 0 Å². The van der Waals surface area contributed by atoms with E-state index in [0.717, 1.165) is 30.0 Å². The molecule has 112 valence electrons. The monoisotopic (exact) mass is 277 g/mol. The van der Waals surface area contributed by atoms with Gasteiger partial charge in [-0.1, -0.05) is 19.8 Å². The van der Waals surface area contributed by atoms with Gasteiger partial charge < -0.3 is 16.0 Å². The fraction of sp³-hybridized carbons (Fsp3) is 0.562. The van der Waals surface area contributed by atoms with Crippen LogP contribution in [0.3, 0.4) is 0 Å². The quantitative estimate of drug-likeness (QED) is 0.567. The third-order valence-corrected chi connectivity index (χ3v) is 3.39. The van der Waals surface area contributed by atoms with E-state index in [1.165, 1.54) is 19.3 Å². The fourth-order valence-corrected chi connectivity index (χ4v) is 2.08. The summed E-state index contributed by atoms with van der Waals surface area (Å²) >= 11 is 0. The summed E-state index contributed by atoms with van der Waals surface area (Å²) in [6, 6.07) is 5.53. The molecule has 1 aromatic carbocycles. The lowest BCUT2D eigenvalue weighted by Gasteiger charge is -2.16. The minimum atomic E-state index is 0.0558. The van der Waals surface area contributed by atoms with Crippen molar-refractivity contribution in [2.45, 2.75) is 39.5 Å². The number of carbonyl (C=O) groups is 1. The first-order valence-corrected chi connectivity index (χ1v) is 7.37. The molecule has 20 heavy (non-hydrogen) atoms. The van der Waals surface area contributed by atoms with Crippen molar-refractivity contribution in [2.75, 3.05) is 31.2 Å². The SMILES string of the molecule is CCCCCN(C)CCC(=O)Nc1ccc(N)cc1C. The van der Waals surface area contributed by atoms with E-state index in [-0.39, 0.29) is 5.91 Å². The molecule has 0 bridgehead atoms. The Labute approximate surface area is 122 Å². The zero-order valence-electron chi connectivity index (χ0n) is 12.9. The van der Waals surface area contributed by atoms with E-state index in [2.05, 4.69) is 24.2 Å². The second-order valence-corrected chi connectivity index (χ2v) is 5.38. The average molecular weight is 277 g/mol. The summed E-state index contributed by atoms with van der Waals surface area (Å²) in [5.41, 5.74) is 8.25. The van der Waals surface area contributed by atoms with Gasteiger partial charge in [0.1, 0.15) is 0 Å². The summed E-state index contributed by atoms with van der Waals surface area (Å²) in [7, 11) is 2.07. The van der Waals surface area contributed by atoms with Gasteiger partial charge in [0, 0.05) is 24.3 Å². The Hall–Kier alpha value is -1.55. The van der Waals surface area contributed by atoms with Crippen LogP contribution in [0.1, 0.15) is 38.2 Å². The van der Waals surface area contributed by atoms with Crippen molar-refractivity contribution < 1.29 is 4.79 Å². The van der Waals surface area contributed by atoms with E-state index in [0.29, 0.717) is 6.42 Å². The molecular formula is C16H27N3O. The molecule has 0 radical (unpaired) electrons. The summed E-state index contributed by atoms with van der Waals surface area (Å²) in [4.78, 5) is 14.1. The van der Waals surface area contributed by atoms with Crippen LogP contribution in [0.2, 0.25) is 0 Å². The van der Waals surface area contributed by atoms with Gasteiger partial charge in [-0.2, -0.15) is 0 Å². The van der Waals surface area contributed by atoms with Gasteiger partial charge in [-0.05, 0) is 50.7 Å². The molecule has 0 aliphatic heterocycles. The second-order valence-electron chi connectivity index (χ2n) is 5.38. The maximum absolute atomic E-state index is 11.9. The molecule has 4 nitrogen and oxygen atoms in total. The van der Waals surface area contributed by atoms with Gasteiger partial charge in [-0.15, -0.1) is 0 Å². The van der Waals surface area contributed by atoms with Crippen molar-refractivity contribution in [1.82, 2.24) is 4.90 Å². The van der Waals surface area contributed by atoms with Gasteiger partial charge in [0.05, 0.1) is 0 Å². The number of amides is 1. The molecule has 0 atom stereocenters. The lowest BCUT2D eigenvalue weighted by atomic mass is 10.1. The number of anilines is 2. The third kappa shape index (κ3) is 6.06. The van der Waals surface area contributed by atoms with E-state index >= 15 is 0 Å². The Morgan fingerprint density at radius 3 is 2.70 bits per heavy atom. The first-order chi connectivity index (χ1) is 9.52. The van der Waals surface area contributed by atoms with Crippen LogP contribution in [0.5, 0.6) is 0 Å². The zero-order valence-corrected chi connectivity index (χ0v) is 12.9. The molecule has 1 amide bonds. The molecule has 1 rings (SSSR count). The molecule has 1 aromatic rings. The van der Waals surface area contributed by atoms with Crippen LogP contribution >= 0.6 is 0 Å². The summed E-state index contributed by atoms with van der Waals surface area (Å²) in [5, 5.41) is 2.94. The van der Waals surface area contributed by atoms with Crippen molar-refractivity contribution in [3.8, 4) is 0 Å². The maximum Gasteiger partial charge on any atom is 0.225 e. The lowest BCUT2D eigenvalue weighted by Crippen LogP contribution is -2.25. The lowest BCUT2D eigenvalue weighted by molar-refractivity contribution is -0.116. The molecule has 4 heteroatoms. The Bertz CT molecular complexity index is 432. The van der Waals surface area contributed by atoms with Gasteiger partial charge in [-0.25, -0.2) is 0 Å². The second kappa shape index (κ2) is 8.59. The number of carbonyl (C=O) groups excluding carboxylic acids is 1. The topological polar surface area (TPSA) is 58.4 Å². The number of aryl methyl sites for hydroxylation is 1. The Morgan fingerprint density at radius 2 is 2.05 bits per heavy atom. The van der Waals surface area contributed by atoms with Crippen LogP contribution in [0, 0.1) is 6.92 Å². The zero-order chi connectivity index (χ0) is 15.0. The number of nitrogens with one attached hydrogen (secondary N) is 1. The van der Waals surface area contributed by atoms with Crippen LogP contribution < -0.4 is 11.1 Å². The van der Waals surface area contributed by atoms with Gasteiger partial charge >= 0.3 is 0 Å². The van der Waals surface area contributed by atoms with E-state index in [9.17, 15) is 4.79 Å². The predicted molar refractivity (Wildman–Crippen MR) is 85.9 cm³/mol. The molecule has 0 aliphatic carbocycles. The Balaban J connectivity index is 2.33. The van der Waals surface area contributed by atoms with Crippen LogP contribution in [-0.2, 0) is 4.79 Å². The van der Waals surface area contributed by atoms with Gasteiger partial charge in [0.15, 0.2) is 0 Å². The first kappa shape index (κ1) is 16.5. The predicted octanol–water partition coefficient (Wildman–Crippen LogP) is 3.03. The highest BCUT2D eigenvalue weighted by Gasteiger charge is 2.06. The smallest absolute Gasteiger partial charge is 0.225 e. The van der Waals surface area contributed by atoms with Crippen LogP contribution in [0.4, 0.5) is 11.4 Å². The molecule has 0 aromatic heterocycles. The van der Waals surface area contributed by atoms with Crippen molar-refractivity contribution in [3.05, 3.63) is 23.8 Å². The highest BCUT2D eigenvalue weighted by Crippen LogP contribution is 2.17. The van der Waals surface area contributed by atoms with Gasteiger partial charge in [0.25, 0.3) is 0 Å². The summed E-state index contributed by atoms with van der Waals surface area (Å²) in [6.07, 6.45) is 4.20. The molecule has 3 N–H and O–H groups in total. The fourth-order valence-electron chi connectivity index (χ4n) is 2.08. The largest absolute Gasteiger partial charge is 0.399 e. The normalized spacial score (nSPS) is 10.8.